The highest BCUT2D eigenvalue weighted by Crippen LogP contribution is 2.20. The van der Waals surface area contributed by atoms with Gasteiger partial charge >= 0.3 is 0 Å². The first-order valence-electron chi connectivity index (χ1n) is 7.74. The van der Waals surface area contributed by atoms with Crippen molar-refractivity contribution in [2.24, 2.45) is 7.05 Å². The third kappa shape index (κ3) is 3.27. The van der Waals surface area contributed by atoms with Gasteiger partial charge in [-0.1, -0.05) is 18.3 Å². The van der Waals surface area contributed by atoms with Gasteiger partial charge in [-0.15, -0.1) is 0 Å². The summed E-state index contributed by atoms with van der Waals surface area (Å²) in [6.07, 6.45) is 7.23. The Balaban J connectivity index is 1.58. The first-order valence-corrected chi connectivity index (χ1v) is 8.15. The molecule has 4 rings (SSSR count). The fourth-order valence-electron chi connectivity index (χ4n) is 2.51. The molecule has 0 aliphatic rings. The topological polar surface area (TPSA) is 57.8 Å². The molecule has 25 heavy (non-hydrogen) atoms. The lowest BCUT2D eigenvalue weighted by Gasteiger charge is -2.09. The summed E-state index contributed by atoms with van der Waals surface area (Å²) in [4.78, 5) is 4.31. The van der Waals surface area contributed by atoms with E-state index in [1.807, 2.05) is 55.8 Å². The molecule has 7 heteroatoms. The van der Waals surface area contributed by atoms with Crippen molar-refractivity contribution >= 4 is 23.1 Å². The molecule has 0 aliphatic carbocycles. The van der Waals surface area contributed by atoms with Gasteiger partial charge in [0.2, 0.25) is 0 Å². The predicted octanol–water partition coefficient (Wildman–Crippen LogP) is 3.46. The normalized spacial score (nSPS) is 10.9. The molecular formula is C18H15N5OS. The van der Waals surface area contributed by atoms with Gasteiger partial charge in [-0.25, -0.2) is 4.68 Å². The number of pyridine rings is 1. The van der Waals surface area contributed by atoms with Crippen LogP contribution in [0.4, 0.5) is 0 Å². The van der Waals surface area contributed by atoms with Gasteiger partial charge in [-0.3, -0.25) is 9.67 Å². The van der Waals surface area contributed by atoms with Crippen molar-refractivity contribution in [3.8, 4) is 11.4 Å². The molecule has 0 aliphatic heterocycles. The maximum atomic E-state index is 5.89. The second-order valence-corrected chi connectivity index (χ2v) is 6.03. The molecule has 0 atom stereocenters. The van der Waals surface area contributed by atoms with E-state index in [1.54, 1.807) is 21.8 Å². The molecule has 0 bridgehead atoms. The highest BCUT2D eigenvalue weighted by Gasteiger charge is 2.05. The molecule has 124 valence electrons. The first-order chi connectivity index (χ1) is 12.2. The zero-order valence-corrected chi connectivity index (χ0v) is 14.3. The minimum atomic E-state index is 0.297. The Morgan fingerprint density at radius 3 is 2.96 bits per heavy atom. The van der Waals surface area contributed by atoms with Crippen LogP contribution in [0.5, 0.6) is 5.75 Å². The molecule has 0 radical (unpaired) electrons. The van der Waals surface area contributed by atoms with E-state index in [2.05, 4.69) is 15.2 Å². The van der Waals surface area contributed by atoms with Crippen LogP contribution in [0, 0.1) is 4.51 Å². The molecule has 0 spiro atoms. The molecule has 3 heterocycles. The van der Waals surface area contributed by atoms with Gasteiger partial charge in [-0.2, -0.15) is 10.2 Å². The van der Waals surface area contributed by atoms with Crippen molar-refractivity contribution in [1.29, 1.82) is 0 Å². The van der Waals surface area contributed by atoms with Crippen molar-refractivity contribution in [3.63, 3.8) is 0 Å². The summed E-state index contributed by atoms with van der Waals surface area (Å²) in [6.45, 7) is 0.297. The summed E-state index contributed by atoms with van der Waals surface area (Å²) >= 11 is 5.37. The number of benzene rings is 1. The molecular weight excluding hydrogens is 334 g/mol. The monoisotopic (exact) mass is 349 g/mol. The molecule has 0 amide bonds. The molecule has 0 saturated carbocycles. The van der Waals surface area contributed by atoms with E-state index in [0.717, 1.165) is 22.3 Å². The first kappa shape index (κ1) is 15.5. The van der Waals surface area contributed by atoms with Crippen LogP contribution in [0.15, 0.2) is 61.2 Å². The second kappa shape index (κ2) is 6.45. The van der Waals surface area contributed by atoms with Crippen LogP contribution in [0.3, 0.4) is 0 Å². The maximum Gasteiger partial charge on any atom is 0.133 e. The molecule has 3 aromatic heterocycles. The number of fused-ring (bicyclic) bond motifs is 1. The maximum absolute atomic E-state index is 5.89. The summed E-state index contributed by atoms with van der Waals surface area (Å²) in [5.41, 5.74) is 2.51. The van der Waals surface area contributed by atoms with Crippen LogP contribution in [-0.2, 0) is 13.7 Å². The number of aromatic nitrogens is 5. The van der Waals surface area contributed by atoms with Crippen LogP contribution in [0.25, 0.3) is 16.6 Å². The number of nitrogens with zero attached hydrogens (tertiary/aromatic N) is 5. The Morgan fingerprint density at radius 2 is 2.12 bits per heavy atom. The Bertz CT molecular complexity index is 1100. The Hall–Kier alpha value is -3.06. The highest BCUT2D eigenvalue weighted by atomic mass is 32.1. The lowest BCUT2D eigenvalue weighted by atomic mass is 10.2. The van der Waals surface area contributed by atoms with Crippen LogP contribution in [0.1, 0.15) is 5.69 Å². The van der Waals surface area contributed by atoms with Gasteiger partial charge in [-0.05, 0) is 30.3 Å². The summed E-state index contributed by atoms with van der Waals surface area (Å²) < 4.78 is 10.0. The SMILES string of the molecule is Cn1cc(-n2ccc(=S)c(COc3ccc4ncccc4c3)n2)cn1. The minimum absolute atomic E-state index is 0.297. The molecule has 6 nitrogen and oxygen atoms in total. The van der Waals surface area contributed by atoms with Crippen LogP contribution >= 0.6 is 12.2 Å². The summed E-state index contributed by atoms with van der Waals surface area (Å²) in [7, 11) is 1.87. The summed E-state index contributed by atoms with van der Waals surface area (Å²) in [5, 5.41) is 9.75. The van der Waals surface area contributed by atoms with Gasteiger partial charge in [0.05, 0.1) is 22.4 Å². The lowest BCUT2D eigenvalue weighted by molar-refractivity contribution is 0.298. The van der Waals surface area contributed by atoms with Gasteiger partial charge in [0.1, 0.15) is 23.7 Å². The molecule has 1 aromatic carbocycles. The average Bonchev–Trinajstić information content (AvgIpc) is 3.07. The van der Waals surface area contributed by atoms with Gasteiger partial charge < -0.3 is 4.74 Å². The number of hydrogen-bond acceptors (Lipinski definition) is 5. The van der Waals surface area contributed by atoms with Crippen molar-refractivity contribution in [2.45, 2.75) is 6.61 Å². The minimum Gasteiger partial charge on any atom is -0.487 e. The van der Waals surface area contributed by atoms with E-state index in [1.165, 1.54) is 0 Å². The van der Waals surface area contributed by atoms with Crippen molar-refractivity contribution in [3.05, 3.63) is 71.4 Å². The molecule has 0 unspecified atom stereocenters. The van der Waals surface area contributed by atoms with Gasteiger partial charge in [0.15, 0.2) is 0 Å². The fourth-order valence-corrected chi connectivity index (χ4v) is 2.67. The van der Waals surface area contributed by atoms with Crippen molar-refractivity contribution in [2.75, 3.05) is 0 Å². The summed E-state index contributed by atoms with van der Waals surface area (Å²) in [5.74, 6) is 0.758. The highest BCUT2D eigenvalue weighted by molar-refractivity contribution is 7.71. The molecule has 4 aromatic rings. The van der Waals surface area contributed by atoms with E-state index < -0.39 is 0 Å². The number of hydrogen-bond donors (Lipinski definition) is 0. The lowest BCUT2D eigenvalue weighted by Crippen LogP contribution is -2.07. The predicted molar refractivity (Wildman–Crippen MR) is 97.2 cm³/mol. The quantitative estimate of drug-likeness (QED) is 0.528. The van der Waals surface area contributed by atoms with E-state index in [9.17, 15) is 0 Å². The Kier molecular flexibility index (Phi) is 3.99. The smallest absolute Gasteiger partial charge is 0.133 e. The molecule has 0 saturated heterocycles. The molecule has 0 N–H and O–H groups in total. The second-order valence-electron chi connectivity index (χ2n) is 5.59. The Labute approximate surface area is 149 Å². The van der Waals surface area contributed by atoms with E-state index in [0.29, 0.717) is 16.8 Å². The standard InChI is InChI=1S/C18H15N5OS/c1-22-11-14(10-20-22)23-8-6-18(25)17(21-23)12-24-15-4-5-16-13(9-15)3-2-7-19-16/h2-11H,12H2,1H3. The van der Waals surface area contributed by atoms with E-state index in [4.69, 9.17) is 17.0 Å². The third-order valence-electron chi connectivity index (χ3n) is 3.79. The summed E-state index contributed by atoms with van der Waals surface area (Å²) in [6, 6.07) is 11.6. The van der Waals surface area contributed by atoms with Gasteiger partial charge in [0, 0.05) is 24.8 Å². The zero-order chi connectivity index (χ0) is 17.2. The van der Waals surface area contributed by atoms with E-state index in [-0.39, 0.29) is 0 Å². The van der Waals surface area contributed by atoms with Crippen molar-refractivity contribution < 1.29 is 4.74 Å². The van der Waals surface area contributed by atoms with Gasteiger partial charge in [0.25, 0.3) is 0 Å². The zero-order valence-electron chi connectivity index (χ0n) is 13.5. The number of ether oxygens (including phenoxy) is 1. The molecule has 0 fully saturated rings. The average molecular weight is 349 g/mol. The van der Waals surface area contributed by atoms with E-state index >= 15 is 0 Å². The largest absolute Gasteiger partial charge is 0.487 e. The number of aryl methyl sites for hydroxylation is 1. The van der Waals surface area contributed by atoms with Crippen LogP contribution < -0.4 is 4.74 Å². The Morgan fingerprint density at radius 1 is 1.20 bits per heavy atom. The van der Waals surface area contributed by atoms with Crippen LogP contribution in [0.2, 0.25) is 0 Å². The number of rotatable bonds is 4. The van der Waals surface area contributed by atoms with Crippen molar-refractivity contribution in [1.82, 2.24) is 24.5 Å². The fraction of sp³-hybridized carbons (Fsp3) is 0.111. The third-order valence-corrected chi connectivity index (χ3v) is 4.16. The van der Waals surface area contributed by atoms with Crippen LogP contribution in [-0.4, -0.2) is 24.5 Å².